The van der Waals surface area contributed by atoms with E-state index in [1.165, 1.54) is 19.5 Å². The van der Waals surface area contributed by atoms with Crippen molar-refractivity contribution in [3.8, 4) is 23.0 Å². The summed E-state index contributed by atoms with van der Waals surface area (Å²) in [5.74, 6) is 1.17. The number of fused-ring (bicyclic) bond motifs is 9. The van der Waals surface area contributed by atoms with Gasteiger partial charge in [-0.1, -0.05) is 17.7 Å². The fourth-order valence-corrected chi connectivity index (χ4v) is 5.35. The summed E-state index contributed by atoms with van der Waals surface area (Å²) in [4.78, 5) is 44.7. The first kappa shape index (κ1) is 30.0. The van der Waals surface area contributed by atoms with Gasteiger partial charge in [-0.2, -0.15) is 0 Å². The third-order valence-electron chi connectivity index (χ3n) is 7.44. The molecule has 6 rings (SSSR count). The highest BCUT2D eigenvalue weighted by molar-refractivity contribution is 6.33. The lowest BCUT2D eigenvalue weighted by atomic mass is 10.0. The Morgan fingerprint density at radius 3 is 2.67 bits per heavy atom. The number of hydrogen-bond donors (Lipinski definition) is 2. The van der Waals surface area contributed by atoms with Gasteiger partial charge in [-0.3, -0.25) is 19.4 Å². The van der Waals surface area contributed by atoms with Gasteiger partial charge in [0.15, 0.2) is 18.1 Å². The molecule has 1 aromatic heterocycles. The van der Waals surface area contributed by atoms with E-state index >= 15 is 0 Å². The average molecular weight is 609 g/mol. The summed E-state index contributed by atoms with van der Waals surface area (Å²) in [5, 5.41) is 6.19. The molecule has 2 aromatic carbocycles. The first-order chi connectivity index (χ1) is 20.8. The second-order valence-corrected chi connectivity index (χ2v) is 10.7. The van der Waals surface area contributed by atoms with E-state index in [1.807, 2.05) is 12.1 Å². The van der Waals surface area contributed by atoms with Crippen molar-refractivity contribution < 1.29 is 33.3 Å². The van der Waals surface area contributed by atoms with Crippen molar-refractivity contribution in [2.24, 2.45) is 0 Å². The molecule has 12 heteroatoms. The van der Waals surface area contributed by atoms with Crippen LogP contribution in [0.2, 0.25) is 5.02 Å². The number of nitrogens with zero attached hydrogens (tertiary/aromatic N) is 2. The van der Waals surface area contributed by atoms with Gasteiger partial charge in [0.05, 0.1) is 30.8 Å². The summed E-state index contributed by atoms with van der Waals surface area (Å²) in [6.07, 6.45) is 3.65. The molecular weight excluding hydrogens is 576 g/mol. The van der Waals surface area contributed by atoms with Crippen LogP contribution in [0.3, 0.4) is 0 Å². The van der Waals surface area contributed by atoms with Crippen LogP contribution < -0.4 is 29.6 Å². The van der Waals surface area contributed by atoms with Crippen LogP contribution >= 0.6 is 11.6 Å². The molecule has 0 unspecified atom stereocenters. The molecule has 0 saturated carbocycles. The van der Waals surface area contributed by atoms with Crippen LogP contribution in [-0.2, 0) is 22.6 Å². The second kappa shape index (κ2) is 13.6. The molecule has 2 N–H and O–H groups in total. The molecule has 3 amide bonds. The van der Waals surface area contributed by atoms with Crippen LogP contribution in [0.25, 0.3) is 0 Å². The highest BCUT2D eigenvalue weighted by Gasteiger charge is 2.35. The molecule has 1 saturated heterocycles. The molecule has 11 nitrogen and oxygen atoms in total. The van der Waals surface area contributed by atoms with Gasteiger partial charge in [0.25, 0.3) is 11.8 Å². The van der Waals surface area contributed by atoms with Crippen molar-refractivity contribution in [2.75, 3.05) is 33.9 Å². The van der Waals surface area contributed by atoms with E-state index < -0.39 is 18.1 Å². The van der Waals surface area contributed by atoms with E-state index in [-0.39, 0.29) is 43.0 Å². The number of aromatic nitrogens is 1. The van der Waals surface area contributed by atoms with Gasteiger partial charge in [-0.05, 0) is 42.3 Å². The predicted octanol–water partition coefficient (Wildman–Crippen LogP) is 3.17. The van der Waals surface area contributed by atoms with Crippen LogP contribution in [0, 0.1) is 0 Å². The van der Waals surface area contributed by atoms with Gasteiger partial charge in [0, 0.05) is 56.5 Å². The number of pyridine rings is 1. The molecule has 0 radical (unpaired) electrons. The van der Waals surface area contributed by atoms with Crippen molar-refractivity contribution in [1.29, 1.82) is 0 Å². The maximum atomic E-state index is 13.3. The lowest BCUT2D eigenvalue weighted by Crippen LogP contribution is -2.58. The third kappa shape index (κ3) is 7.29. The fourth-order valence-electron chi connectivity index (χ4n) is 5.15. The number of benzene rings is 2. The highest BCUT2D eigenvalue weighted by Crippen LogP contribution is 2.30. The number of ether oxygens (including phenoxy) is 4. The average Bonchev–Trinajstić information content (AvgIpc) is 3.02. The Hall–Kier alpha value is -4.51. The quantitative estimate of drug-likeness (QED) is 0.464. The number of carbonyl (C=O) groups excluding carboxylic acids is 3. The predicted molar refractivity (Wildman–Crippen MR) is 158 cm³/mol. The second-order valence-electron chi connectivity index (χ2n) is 10.2. The molecular formula is C31H33ClN4O7. The van der Waals surface area contributed by atoms with E-state index in [9.17, 15) is 14.4 Å². The topological polar surface area (TPSA) is 128 Å². The van der Waals surface area contributed by atoms with Gasteiger partial charge >= 0.3 is 0 Å². The standard InChI is InChI=1S/C31H33ClN4O7/c1-40-26-7-3-19-4-8-29(37)34-15-20-5-6-21(14-27(20)41-2)43-25-10-12-36(31(39)22-9-11-33-16-23(22)32)17-24(25)35-30(38)18-42-28(26)13-19/h3,5-7,9,11,13-14,16,24-25H,4,8,10,12,15,17-18H2,1-2H3,(H,34,37)(H,35,38)/t24-,25+/m1/s1. The number of methoxy groups -OCH3 is 2. The van der Waals surface area contributed by atoms with Crippen molar-refractivity contribution in [3.63, 3.8) is 0 Å². The molecule has 0 spiro atoms. The third-order valence-corrected chi connectivity index (χ3v) is 7.74. The van der Waals surface area contributed by atoms with E-state index in [1.54, 1.807) is 42.3 Å². The Morgan fingerprint density at radius 1 is 1.05 bits per heavy atom. The highest BCUT2D eigenvalue weighted by atomic mass is 35.5. The zero-order valence-electron chi connectivity index (χ0n) is 23.9. The summed E-state index contributed by atoms with van der Waals surface area (Å²) in [6, 6.07) is 11.8. The minimum Gasteiger partial charge on any atom is -0.496 e. The maximum Gasteiger partial charge on any atom is 0.258 e. The Bertz CT molecular complexity index is 1500. The Kier molecular flexibility index (Phi) is 9.51. The van der Waals surface area contributed by atoms with E-state index in [2.05, 4.69) is 15.6 Å². The first-order valence-corrected chi connectivity index (χ1v) is 14.3. The minimum absolute atomic E-state index is 0.116. The zero-order chi connectivity index (χ0) is 30.3. The summed E-state index contributed by atoms with van der Waals surface area (Å²) in [6.45, 7) is 0.566. The Morgan fingerprint density at radius 2 is 1.88 bits per heavy atom. The van der Waals surface area contributed by atoms with Crippen LogP contribution in [0.1, 0.15) is 34.3 Å². The van der Waals surface area contributed by atoms with E-state index in [0.29, 0.717) is 47.9 Å². The van der Waals surface area contributed by atoms with Crippen molar-refractivity contribution in [3.05, 3.63) is 76.6 Å². The Labute approximate surface area is 254 Å². The molecule has 4 heterocycles. The van der Waals surface area contributed by atoms with Crippen molar-refractivity contribution >= 4 is 29.3 Å². The molecule has 226 valence electrons. The molecule has 2 atom stereocenters. The molecule has 3 aromatic rings. The van der Waals surface area contributed by atoms with Gasteiger partial charge in [0.2, 0.25) is 5.91 Å². The zero-order valence-corrected chi connectivity index (χ0v) is 24.7. The van der Waals surface area contributed by atoms with Gasteiger partial charge in [-0.15, -0.1) is 0 Å². The summed E-state index contributed by atoms with van der Waals surface area (Å²) >= 11 is 6.25. The number of carbonyl (C=O) groups is 3. The number of amides is 3. The number of piperidine rings is 1. The van der Waals surface area contributed by atoms with E-state index in [4.69, 9.17) is 30.5 Å². The van der Waals surface area contributed by atoms with Crippen molar-refractivity contribution in [1.82, 2.24) is 20.5 Å². The number of nitrogens with one attached hydrogen (secondary N) is 2. The normalized spacial score (nSPS) is 19.3. The number of rotatable bonds is 3. The van der Waals surface area contributed by atoms with E-state index in [0.717, 1.165) is 11.1 Å². The lowest BCUT2D eigenvalue weighted by Gasteiger charge is -2.39. The smallest absolute Gasteiger partial charge is 0.258 e. The summed E-state index contributed by atoms with van der Waals surface area (Å²) in [7, 11) is 3.07. The van der Waals surface area contributed by atoms with Gasteiger partial charge in [0.1, 0.15) is 17.6 Å². The molecule has 1 fully saturated rings. The Balaban J connectivity index is 1.43. The molecule has 3 aliphatic heterocycles. The van der Waals surface area contributed by atoms with Crippen LogP contribution in [-0.4, -0.2) is 73.7 Å². The summed E-state index contributed by atoms with van der Waals surface area (Å²) in [5.41, 5.74) is 1.98. The van der Waals surface area contributed by atoms with Crippen molar-refractivity contribution in [2.45, 2.75) is 38.0 Å². The largest absolute Gasteiger partial charge is 0.496 e. The number of hydrogen-bond acceptors (Lipinski definition) is 8. The van der Waals surface area contributed by atoms with Crippen LogP contribution in [0.4, 0.5) is 0 Å². The lowest BCUT2D eigenvalue weighted by molar-refractivity contribution is -0.125. The van der Waals surface area contributed by atoms with Crippen LogP contribution in [0.5, 0.6) is 23.0 Å². The monoisotopic (exact) mass is 608 g/mol. The number of aryl methyl sites for hydroxylation is 1. The van der Waals surface area contributed by atoms with Crippen LogP contribution in [0.15, 0.2) is 54.9 Å². The number of halogens is 1. The summed E-state index contributed by atoms with van der Waals surface area (Å²) < 4.78 is 23.2. The molecule has 0 aliphatic carbocycles. The number of likely N-dealkylation sites (tertiary alicyclic amines) is 1. The fraction of sp³-hybridized carbons (Fsp3) is 0.355. The SMILES string of the molecule is COc1cc2ccc1CNC(=O)CCc1ccc(OC)c(c1)OCC(=O)N[C@@H]1CN(C(=O)c3ccncc3Cl)CC[C@@H]1O2. The maximum absolute atomic E-state index is 13.3. The van der Waals surface area contributed by atoms with Gasteiger partial charge in [-0.25, -0.2) is 0 Å². The minimum atomic E-state index is -0.560. The first-order valence-electron chi connectivity index (χ1n) is 13.9. The molecule has 3 aliphatic rings. The van der Waals surface area contributed by atoms with Gasteiger partial charge < -0.3 is 34.5 Å². The molecule has 4 bridgehead atoms. The molecule has 43 heavy (non-hydrogen) atoms.